The van der Waals surface area contributed by atoms with Gasteiger partial charge in [-0.3, -0.25) is 0 Å². The van der Waals surface area contributed by atoms with Gasteiger partial charge in [0, 0.05) is 23.2 Å². The SMILES string of the molecule is CC(C)c1ncc(C=CC(=O)O)c(Oc2ccc(Cl)cc2Cl)n1. The molecule has 2 aromatic rings. The fraction of sp³-hybridized carbons (Fsp3) is 0.188. The molecule has 0 unspecified atom stereocenters. The summed E-state index contributed by atoms with van der Waals surface area (Å²) in [5.74, 6) is 0.196. The van der Waals surface area contributed by atoms with Crippen LogP contribution in [0.15, 0.2) is 30.5 Å². The second-order valence-electron chi connectivity index (χ2n) is 4.99. The monoisotopic (exact) mass is 352 g/mol. The van der Waals surface area contributed by atoms with Gasteiger partial charge in [-0.1, -0.05) is 37.0 Å². The predicted octanol–water partition coefficient (Wildman–Crippen LogP) is 4.80. The first-order chi connectivity index (χ1) is 10.9. The third-order valence-electron chi connectivity index (χ3n) is 2.82. The van der Waals surface area contributed by atoms with Crippen molar-refractivity contribution < 1.29 is 14.6 Å². The van der Waals surface area contributed by atoms with Crippen molar-refractivity contribution in [2.24, 2.45) is 0 Å². The Bertz CT molecular complexity index is 761. The zero-order valence-electron chi connectivity index (χ0n) is 12.5. The molecule has 120 valence electrons. The average Bonchev–Trinajstić information content (AvgIpc) is 2.48. The molecule has 1 heterocycles. The fourth-order valence-corrected chi connectivity index (χ4v) is 2.13. The second kappa shape index (κ2) is 7.44. The Hall–Kier alpha value is -2.11. The number of nitrogens with zero attached hydrogens (tertiary/aromatic N) is 2. The molecule has 0 spiro atoms. The highest BCUT2D eigenvalue weighted by molar-refractivity contribution is 6.35. The zero-order chi connectivity index (χ0) is 17.0. The van der Waals surface area contributed by atoms with E-state index in [-0.39, 0.29) is 11.8 Å². The molecule has 0 amide bonds. The van der Waals surface area contributed by atoms with Crippen LogP contribution in [0.4, 0.5) is 0 Å². The quantitative estimate of drug-likeness (QED) is 0.782. The van der Waals surface area contributed by atoms with Gasteiger partial charge in [-0.2, -0.15) is 4.98 Å². The van der Waals surface area contributed by atoms with Crippen LogP contribution in [0, 0.1) is 0 Å². The molecule has 0 fully saturated rings. The number of carbonyl (C=O) groups is 1. The van der Waals surface area contributed by atoms with Gasteiger partial charge in [0.25, 0.3) is 0 Å². The molecule has 0 aliphatic heterocycles. The van der Waals surface area contributed by atoms with Gasteiger partial charge in [0.1, 0.15) is 11.6 Å². The van der Waals surface area contributed by atoms with Crippen LogP contribution in [0.3, 0.4) is 0 Å². The van der Waals surface area contributed by atoms with Gasteiger partial charge in [0.15, 0.2) is 0 Å². The second-order valence-corrected chi connectivity index (χ2v) is 5.84. The summed E-state index contributed by atoms with van der Waals surface area (Å²) in [6, 6.07) is 4.81. The van der Waals surface area contributed by atoms with Crippen molar-refractivity contribution in [2.75, 3.05) is 0 Å². The minimum Gasteiger partial charge on any atom is -0.478 e. The molecule has 1 aromatic carbocycles. The van der Waals surface area contributed by atoms with Crippen molar-refractivity contribution in [2.45, 2.75) is 19.8 Å². The maximum Gasteiger partial charge on any atom is 0.328 e. The van der Waals surface area contributed by atoms with Gasteiger partial charge in [0.05, 0.1) is 10.6 Å². The third kappa shape index (κ3) is 4.68. The third-order valence-corrected chi connectivity index (χ3v) is 3.35. The summed E-state index contributed by atoms with van der Waals surface area (Å²) in [6.45, 7) is 3.89. The number of halogens is 2. The van der Waals surface area contributed by atoms with Crippen molar-refractivity contribution in [3.8, 4) is 11.6 Å². The van der Waals surface area contributed by atoms with Crippen LogP contribution in [0.5, 0.6) is 11.6 Å². The summed E-state index contributed by atoms with van der Waals surface area (Å²) >= 11 is 12.0. The van der Waals surface area contributed by atoms with Crippen LogP contribution in [-0.2, 0) is 4.79 Å². The highest BCUT2D eigenvalue weighted by Crippen LogP contribution is 2.32. The number of benzene rings is 1. The molecule has 0 saturated carbocycles. The Morgan fingerprint density at radius 3 is 2.70 bits per heavy atom. The first-order valence-electron chi connectivity index (χ1n) is 6.77. The summed E-state index contributed by atoms with van der Waals surface area (Å²) in [5.41, 5.74) is 0.433. The summed E-state index contributed by atoms with van der Waals surface area (Å²) in [7, 11) is 0. The molecule has 0 aliphatic rings. The largest absolute Gasteiger partial charge is 0.478 e. The summed E-state index contributed by atoms with van der Waals surface area (Å²) < 4.78 is 5.73. The molecule has 0 aliphatic carbocycles. The highest BCUT2D eigenvalue weighted by Gasteiger charge is 2.12. The number of hydrogen-bond donors (Lipinski definition) is 1. The molecule has 7 heteroatoms. The molecule has 5 nitrogen and oxygen atoms in total. The van der Waals surface area contributed by atoms with E-state index in [1.807, 2.05) is 13.8 Å². The van der Waals surface area contributed by atoms with Crippen LogP contribution in [0.1, 0.15) is 31.2 Å². The molecule has 0 radical (unpaired) electrons. The molecule has 2 rings (SSSR count). The lowest BCUT2D eigenvalue weighted by Crippen LogP contribution is -2.01. The van der Waals surface area contributed by atoms with Gasteiger partial charge in [-0.15, -0.1) is 0 Å². The van der Waals surface area contributed by atoms with Crippen LogP contribution in [0.25, 0.3) is 6.08 Å². The molecule has 0 atom stereocenters. The van der Waals surface area contributed by atoms with Gasteiger partial charge in [0.2, 0.25) is 5.88 Å². The molecule has 1 aromatic heterocycles. The fourth-order valence-electron chi connectivity index (χ4n) is 1.69. The molecular formula is C16H14Cl2N2O3. The maximum absolute atomic E-state index is 10.7. The lowest BCUT2D eigenvalue weighted by molar-refractivity contribution is -0.131. The van der Waals surface area contributed by atoms with Crippen molar-refractivity contribution in [3.63, 3.8) is 0 Å². The first-order valence-corrected chi connectivity index (χ1v) is 7.53. The molecule has 0 bridgehead atoms. The summed E-state index contributed by atoms with van der Waals surface area (Å²) in [6.07, 6.45) is 3.87. The Balaban J connectivity index is 2.44. The van der Waals surface area contributed by atoms with E-state index in [0.717, 1.165) is 6.08 Å². The Morgan fingerprint density at radius 1 is 1.35 bits per heavy atom. The van der Waals surface area contributed by atoms with Crippen LogP contribution in [-0.4, -0.2) is 21.0 Å². The minimum absolute atomic E-state index is 0.0931. The summed E-state index contributed by atoms with van der Waals surface area (Å²) in [5, 5.41) is 9.58. The van der Waals surface area contributed by atoms with Crippen LogP contribution >= 0.6 is 23.2 Å². The van der Waals surface area contributed by atoms with Gasteiger partial charge < -0.3 is 9.84 Å². The van der Waals surface area contributed by atoms with Gasteiger partial charge in [-0.05, 0) is 24.3 Å². The number of aromatic nitrogens is 2. The van der Waals surface area contributed by atoms with E-state index in [1.165, 1.54) is 12.3 Å². The number of rotatable bonds is 5. The summed E-state index contributed by atoms with van der Waals surface area (Å²) in [4.78, 5) is 19.3. The molecular weight excluding hydrogens is 339 g/mol. The van der Waals surface area contributed by atoms with E-state index in [4.69, 9.17) is 33.0 Å². The van der Waals surface area contributed by atoms with E-state index in [9.17, 15) is 4.79 Å². The number of hydrogen-bond acceptors (Lipinski definition) is 4. The molecule has 23 heavy (non-hydrogen) atoms. The van der Waals surface area contributed by atoms with E-state index in [2.05, 4.69) is 9.97 Å². The Labute approximate surface area is 143 Å². The van der Waals surface area contributed by atoms with Crippen molar-refractivity contribution in [1.29, 1.82) is 0 Å². The van der Waals surface area contributed by atoms with E-state index in [1.54, 1.807) is 18.2 Å². The van der Waals surface area contributed by atoms with Crippen molar-refractivity contribution in [3.05, 3.63) is 51.9 Å². The lowest BCUT2D eigenvalue weighted by atomic mass is 10.2. The van der Waals surface area contributed by atoms with E-state index in [0.29, 0.717) is 27.2 Å². The average molecular weight is 353 g/mol. The number of carboxylic acids is 1. The standard InChI is InChI=1S/C16H14Cl2N2O3/c1-9(2)15-19-8-10(3-6-14(21)22)16(20-15)23-13-5-4-11(17)7-12(13)18/h3-9H,1-2H3,(H,21,22). The predicted molar refractivity (Wildman–Crippen MR) is 89.3 cm³/mol. The Morgan fingerprint density at radius 2 is 2.09 bits per heavy atom. The number of carboxylic acid groups (broad SMARTS) is 1. The number of aliphatic carboxylic acids is 1. The minimum atomic E-state index is -1.08. The van der Waals surface area contributed by atoms with Crippen LogP contribution < -0.4 is 4.74 Å². The van der Waals surface area contributed by atoms with E-state index >= 15 is 0 Å². The van der Waals surface area contributed by atoms with E-state index < -0.39 is 5.97 Å². The van der Waals surface area contributed by atoms with Gasteiger partial charge in [-0.25, -0.2) is 9.78 Å². The molecule has 0 saturated heterocycles. The lowest BCUT2D eigenvalue weighted by Gasteiger charge is -2.12. The smallest absolute Gasteiger partial charge is 0.328 e. The number of ether oxygens (including phenoxy) is 1. The topological polar surface area (TPSA) is 72.3 Å². The Kier molecular flexibility index (Phi) is 5.58. The molecule has 1 N–H and O–H groups in total. The highest BCUT2D eigenvalue weighted by atomic mass is 35.5. The van der Waals surface area contributed by atoms with Crippen LogP contribution in [0.2, 0.25) is 10.0 Å². The first kappa shape index (κ1) is 17.2. The van der Waals surface area contributed by atoms with Crippen molar-refractivity contribution in [1.82, 2.24) is 9.97 Å². The van der Waals surface area contributed by atoms with Gasteiger partial charge >= 0.3 is 5.97 Å². The van der Waals surface area contributed by atoms with Crippen molar-refractivity contribution >= 4 is 35.2 Å². The zero-order valence-corrected chi connectivity index (χ0v) is 14.0. The normalized spacial score (nSPS) is 11.2. The maximum atomic E-state index is 10.7.